The van der Waals surface area contributed by atoms with Crippen molar-refractivity contribution in [2.75, 3.05) is 5.73 Å². The Labute approximate surface area is 109 Å². The molecular formula is C10H11N3O3S2. The van der Waals surface area contributed by atoms with Gasteiger partial charge in [0.1, 0.15) is 0 Å². The molecule has 8 heteroatoms. The molecule has 1 fully saturated rings. The fourth-order valence-electron chi connectivity index (χ4n) is 1.30. The second-order valence-electron chi connectivity index (χ2n) is 3.69. The maximum Gasteiger partial charge on any atom is 0.284 e. The number of amidine groups is 1. The Morgan fingerprint density at radius 1 is 1.33 bits per heavy atom. The van der Waals surface area contributed by atoms with Crippen LogP contribution in [0.15, 0.2) is 33.6 Å². The van der Waals surface area contributed by atoms with E-state index in [1.165, 1.54) is 24.3 Å². The second-order valence-corrected chi connectivity index (χ2v) is 6.62. The van der Waals surface area contributed by atoms with Crippen LogP contribution < -0.4 is 11.1 Å². The van der Waals surface area contributed by atoms with Crippen LogP contribution in [0.4, 0.5) is 5.69 Å². The molecule has 18 heavy (non-hydrogen) atoms. The summed E-state index contributed by atoms with van der Waals surface area (Å²) in [6.07, 6.45) is 0. The number of hydrogen-bond donors (Lipinski definition) is 2. The molecule has 1 amide bonds. The third-order valence-electron chi connectivity index (χ3n) is 2.27. The van der Waals surface area contributed by atoms with Crippen molar-refractivity contribution in [3.8, 4) is 0 Å². The van der Waals surface area contributed by atoms with Crippen molar-refractivity contribution in [3.05, 3.63) is 24.3 Å². The van der Waals surface area contributed by atoms with Gasteiger partial charge in [-0.3, -0.25) is 4.79 Å². The van der Waals surface area contributed by atoms with Crippen LogP contribution in [0, 0.1) is 0 Å². The van der Waals surface area contributed by atoms with Crippen molar-refractivity contribution < 1.29 is 13.2 Å². The van der Waals surface area contributed by atoms with Gasteiger partial charge in [0, 0.05) is 5.69 Å². The van der Waals surface area contributed by atoms with Crippen LogP contribution in [0.1, 0.15) is 6.92 Å². The normalized spacial score (nSPS) is 22.2. The zero-order chi connectivity index (χ0) is 13.3. The number of nitrogen functional groups attached to an aromatic ring is 1. The minimum Gasteiger partial charge on any atom is -0.399 e. The zero-order valence-corrected chi connectivity index (χ0v) is 11.1. The van der Waals surface area contributed by atoms with Gasteiger partial charge < -0.3 is 11.1 Å². The fourth-order valence-corrected chi connectivity index (χ4v) is 3.28. The van der Waals surface area contributed by atoms with Crippen molar-refractivity contribution in [2.45, 2.75) is 17.1 Å². The summed E-state index contributed by atoms with van der Waals surface area (Å²) in [5, 5.41) is 2.18. The van der Waals surface area contributed by atoms with Gasteiger partial charge in [-0.2, -0.15) is 8.42 Å². The first-order valence-electron chi connectivity index (χ1n) is 5.06. The number of sulfonamides is 1. The summed E-state index contributed by atoms with van der Waals surface area (Å²) < 4.78 is 27.4. The minimum absolute atomic E-state index is 0.0404. The molecule has 3 N–H and O–H groups in total. The largest absolute Gasteiger partial charge is 0.399 e. The highest BCUT2D eigenvalue weighted by atomic mass is 32.2. The lowest BCUT2D eigenvalue weighted by atomic mass is 10.3. The van der Waals surface area contributed by atoms with Gasteiger partial charge >= 0.3 is 0 Å². The number of thioether (sulfide) groups is 1. The van der Waals surface area contributed by atoms with Gasteiger partial charge in [-0.1, -0.05) is 11.8 Å². The number of carbonyl (C=O) groups excluding carboxylic acids is 1. The van der Waals surface area contributed by atoms with E-state index in [1.54, 1.807) is 6.92 Å². The van der Waals surface area contributed by atoms with Gasteiger partial charge in [-0.15, -0.1) is 4.40 Å². The zero-order valence-electron chi connectivity index (χ0n) is 9.45. The molecule has 1 aliphatic rings. The third-order valence-corrected chi connectivity index (χ3v) is 4.66. The molecule has 0 bridgehead atoms. The fraction of sp³-hybridized carbons (Fsp3) is 0.200. The predicted molar refractivity (Wildman–Crippen MR) is 70.7 cm³/mol. The maximum atomic E-state index is 11.9. The maximum absolute atomic E-state index is 11.9. The van der Waals surface area contributed by atoms with E-state index in [2.05, 4.69) is 9.71 Å². The van der Waals surface area contributed by atoms with Crippen molar-refractivity contribution in [1.82, 2.24) is 5.32 Å². The van der Waals surface area contributed by atoms with Crippen LogP contribution in [0.2, 0.25) is 0 Å². The van der Waals surface area contributed by atoms with Crippen LogP contribution >= 0.6 is 11.8 Å². The number of benzene rings is 1. The average molecular weight is 285 g/mol. The van der Waals surface area contributed by atoms with E-state index in [-0.39, 0.29) is 21.2 Å². The highest BCUT2D eigenvalue weighted by Gasteiger charge is 2.28. The first kappa shape index (κ1) is 12.9. The summed E-state index contributed by atoms with van der Waals surface area (Å²) in [4.78, 5) is 11.3. The summed E-state index contributed by atoms with van der Waals surface area (Å²) in [5.41, 5.74) is 5.95. The number of amides is 1. The number of rotatable bonds is 2. The highest BCUT2D eigenvalue weighted by Crippen LogP contribution is 2.21. The first-order valence-corrected chi connectivity index (χ1v) is 7.38. The van der Waals surface area contributed by atoms with Crippen LogP contribution in [0.3, 0.4) is 0 Å². The lowest BCUT2D eigenvalue weighted by Crippen LogP contribution is -2.23. The topological polar surface area (TPSA) is 102 Å². The molecule has 2 rings (SSSR count). The summed E-state index contributed by atoms with van der Waals surface area (Å²) in [6, 6.07) is 5.71. The van der Waals surface area contributed by atoms with Crippen molar-refractivity contribution in [3.63, 3.8) is 0 Å². The highest BCUT2D eigenvalue weighted by molar-refractivity contribution is 8.16. The van der Waals surface area contributed by atoms with Crippen molar-refractivity contribution in [1.29, 1.82) is 0 Å². The molecule has 0 saturated carbocycles. The number of nitrogens with one attached hydrogen (secondary N) is 1. The number of hydrogen-bond acceptors (Lipinski definition) is 5. The molecule has 1 saturated heterocycles. The van der Waals surface area contributed by atoms with Gasteiger partial charge in [0.05, 0.1) is 10.1 Å². The molecule has 96 valence electrons. The van der Waals surface area contributed by atoms with Gasteiger partial charge in [-0.05, 0) is 31.2 Å². The van der Waals surface area contributed by atoms with E-state index in [4.69, 9.17) is 5.73 Å². The van der Waals surface area contributed by atoms with E-state index in [1.807, 2.05) is 0 Å². The molecule has 1 atom stereocenters. The average Bonchev–Trinajstić information content (AvgIpc) is 2.57. The molecule has 0 aromatic heterocycles. The van der Waals surface area contributed by atoms with Gasteiger partial charge in [-0.25, -0.2) is 0 Å². The Morgan fingerprint density at radius 3 is 2.44 bits per heavy atom. The van der Waals surface area contributed by atoms with Gasteiger partial charge in [0.2, 0.25) is 5.91 Å². The molecule has 1 unspecified atom stereocenters. The molecular weight excluding hydrogens is 274 g/mol. The lowest BCUT2D eigenvalue weighted by molar-refractivity contribution is -0.118. The van der Waals surface area contributed by atoms with Crippen molar-refractivity contribution >= 4 is 38.5 Å². The van der Waals surface area contributed by atoms with Crippen LogP contribution in [0.5, 0.6) is 0 Å². The molecule has 0 aliphatic carbocycles. The lowest BCUT2D eigenvalue weighted by Gasteiger charge is -2.00. The second kappa shape index (κ2) is 4.62. The molecule has 6 nitrogen and oxygen atoms in total. The Kier molecular flexibility index (Phi) is 3.31. The smallest absolute Gasteiger partial charge is 0.284 e. The molecule has 1 aliphatic heterocycles. The standard InChI is InChI=1S/C10H11N3O3S2/c1-6-9(14)12-10(17-6)13-18(15,16)8-4-2-7(11)3-5-8/h2-6H,11H2,1H3,(H,12,13,14). The van der Waals surface area contributed by atoms with Crippen LogP contribution in [0.25, 0.3) is 0 Å². The van der Waals surface area contributed by atoms with E-state index >= 15 is 0 Å². The number of nitrogens with zero attached hydrogens (tertiary/aromatic N) is 1. The van der Waals surface area contributed by atoms with Crippen molar-refractivity contribution in [2.24, 2.45) is 4.40 Å². The Balaban J connectivity index is 2.30. The van der Waals surface area contributed by atoms with E-state index in [0.29, 0.717) is 5.69 Å². The summed E-state index contributed by atoms with van der Waals surface area (Å²) in [5.74, 6) is -0.244. The summed E-state index contributed by atoms with van der Waals surface area (Å²) in [7, 11) is -3.81. The molecule has 1 aromatic carbocycles. The SMILES string of the molecule is CC1S/C(=N/S(=O)(=O)c2ccc(N)cc2)NC1=O. The predicted octanol–water partition coefficient (Wildman–Crippen LogP) is 0.565. The van der Waals surface area contributed by atoms with E-state index < -0.39 is 10.0 Å². The molecule has 0 spiro atoms. The number of anilines is 1. The van der Waals surface area contributed by atoms with Gasteiger partial charge in [0.25, 0.3) is 10.0 Å². The number of nitrogens with two attached hydrogens (primary N) is 1. The Bertz CT molecular complexity index is 608. The quantitative estimate of drug-likeness (QED) is 0.773. The summed E-state index contributed by atoms with van der Waals surface area (Å²) >= 11 is 1.08. The molecule has 1 aromatic rings. The molecule has 0 radical (unpaired) electrons. The molecule has 1 heterocycles. The van der Waals surface area contributed by atoms with Crippen LogP contribution in [-0.2, 0) is 14.8 Å². The monoisotopic (exact) mass is 285 g/mol. The minimum atomic E-state index is -3.81. The van der Waals surface area contributed by atoms with E-state index in [9.17, 15) is 13.2 Å². The third kappa shape index (κ3) is 2.65. The Hall–Kier alpha value is -1.54. The number of carbonyl (C=O) groups is 1. The Morgan fingerprint density at radius 2 is 1.94 bits per heavy atom. The first-order chi connectivity index (χ1) is 8.38. The summed E-state index contributed by atoms with van der Waals surface area (Å²) in [6.45, 7) is 1.68. The van der Waals surface area contributed by atoms with Crippen LogP contribution in [-0.4, -0.2) is 24.7 Å². The van der Waals surface area contributed by atoms with E-state index in [0.717, 1.165) is 11.8 Å². The van der Waals surface area contributed by atoms with Gasteiger partial charge in [0.15, 0.2) is 5.17 Å².